The summed E-state index contributed by atoms with van der Waals surface area (Å²) in [5.74, 6) is 0.766. The Bertz CT molecular complexity index is 678. The van der Waals surface area contributed by atoms with E-state index < -0.39 is 10.0 Å². The van der Waals surface area contributed by atoms with E-state index in [1.807, 2.05) is 6.07 Å². The fraction of sp³-hybridized carbons (Fsp3) is 0.500. The van der Waals surface area contributed by atoms with Gasteiger partial charge >= 0.3 is 0 Å². The van der Waals surface area contributed by atoms with Crippen molar-refractivity contribution < 1.29 is 8.42 Å². The normalized spacial score (nSPS) is 19.7. The molecule has 0 atom stereocenters. The highest BCUT2D eigenvalue weighted by Crippen LogP contribution is 2.33. The van der Waals surface area contributed by atoms with Crippen molar-refractivity contribution in [1.29, 1.82) is 5.26 Å². The molecule has 1 aromatic carbocycles. The Labute approximate surface area is 130 Å². The lowest BCUT2D eigenvalue weighted by molar-refractivity contribution is 0.415. The third kappa shape index (κ3) is 3.51. The number of sulfonamides is 1. The van der Waals surface area contributed by atoms with Gasteiger partial charge in [0.2, 0.25) is 10.0 Å². The second-order valence-corrected chi connectivity index (χ2v) is 9.34. The van der Waals surface area contributed by atoms with Gasteiger partial charge < -0.3 is 5.73 Å². The maximum absolute atomic E-state index is 12.7. The summed E-state index contributed by atoms with van der Waals surface area (Å²) in [5, 5.41) is 8.83. The SMILES string of the molecule is CC1(C)CCN(S(=O)(=O)c2ccc(C#N)cc2N)CCS1. The molecule has 0 saturated carbocycles. The lowest BCUT2D eigenvalue weighted by Gasteiger charge is -2.23. The van der Waals surface area contributed by atoms with Crippen LogP contribution in [0.5, 0.6) is 0 Å². The summed E-state index contributed by atoms with van der Waals surface area (Å²) in [6.07, 6.45) is 0.799. The van der Waals surface area contributed by atoms with Gasteiger partial charge in [-0.2, -0.15) is 21.3 Å². The zero-order chi connectivity index (χ0) is 15.7. The monoisotopic (exact) mass is 325 g/mol. The van der Waals surface area contributed by atoms with Gasteiger partial charge in [-0.05, 0) is 24.6 Å². The number of hydrogen-bond donors (Lipinski definition) is 1. The number of benzene rings is 1. The minimum Gasteiger partial charge on any atom is -0.398 e. The van der Waals surface area contributed by atoms with E-state index in [0.29, 0.717) is 18.7 Å². The molecule has 1 saturated heterocycles. The van der Waals surface area contributed by atoms with Gasteiger partial charge in [-0.1, -0.05) is 13.8 Å². The van der Waals surface area contributed by atoms with E-state index in [-0.39, 0.29) is 15.3 Å². The summed E-state index contributed by atoms with van der Waals surface area (Å²) < 4.78 is 27.0. The van der Waals surface area contributed by atoms with Crippen molar-refractivity contribution in [3.63, 3.8) is 0 Å². The zero-order valence-electron chi connectivity index (χ0n) is 12.2. The molecule has 0 radical (unpaired) electrons. The molecule has 0 unspecified atom stereocenters. The van der Waals surface area contributed by atoms with Crippen LogP contribution >= 0.6 is 11.8 Å². The maximum atomic E-state index is 12.7. The maximum Gasteiger partial charge on any atom is 0.245 e. The molecular weight excluding hydrogens is 306 g/mol. The van der Waals surface area contributed by atoms with Crippen molar-refractivity contribution in [2.24, 2.45) is 0 Å². The van der Waals surface area contributed by atoms with Gasteiger partial charge in [-0.15, -0.1) is 0 Å². The van der Waals surface area contributed by atoms with E-state index in [0.717, 1.165) is 12.2 Å². The number of nitriles is 1. The van der Waals surface area contributed by atoms with Crippen molar-refractivity contribution >= 4 is 27.5 Å². The van der Waals surface area contributed by atoms with Crippen LogP contribution in [0, 0.1) is 11.3 Å². The van der Waals surface area contributed by atoms with E-state index in [9.17, 15) is 8.42 Å². The minimum atomic E-state index is -3.61. The first-order chi connectivity index (χ1) is 9.76. The summed E-state index contributed by atoms with van der Waals surface area (Å²) in [4.78, 5) is 0.0891. The molecule has 2 N–H and O–H groups in total. The van der Waals surface area contributed by atoms with Crippen LogP contribution in [0.3, 0.4) is 0 Å². The van der Waals surface area contributed by atoms with Crippen molar-refractivity contribution in [2.75, 3.05) is 24.6 Å². The Kier molecular flexibility index (Phi) is 4.51. The van der Waals surface area contributed by atoms with Gasteiger partial charge in [0.05, 0.1) is 17.3 Å². The van der Waals surface area contributed by atoms with E-state index in [1.165, 1.54) is 22.5 Å². The van der Waals surface area contributed by atoms with Gasteiger partial charge in [0.25, 0.3) is 0 Å². The average Bonchev–Trinajstić information content (AvgIpc) is 2.59. The van der Waals surface area contributed by atoms with Crippen LogP contribution in [0.15, 0.2) is 23.1 Å². The molecule has 0 amide bonds. The van der Waals surface area contributed by atoms with Crippen LogP contribution in [0.25, 0.3) is 0 Å². The molecule has 0 aromatic heterocycles. The van der Waals surface area contributed by atoms with Gasteiger partial charge in [0, 0.05) is 23.6 Å². The molecular formula is C14H19N3O2S2. The fourth-order valence-corrected chi connectivity index (χ4v) is 4.99. The number of hydrogen-bond acceptors (Lipinski definition) is 5. The molecule has 21 heavy (non-hydrogen) atoms. The molecule has 1 aliphatic rings. The van der Waals surface area contributed by atoms with Crippen molar-refractivity contribution in [1.82, 2.24) is 4.31 Å². The molecule has 0 spiro atoms. The van der Waals surface area contributed by atoms with E-state index in [1.54, 1.807) is 11.8 Å². The first-order valence-electron chi connectivity index (χ1n) is 6.70. The largest absolute Gasteiger partial charge is 0.398 e. The zero-order valence-corrected chi connectivity index (χ0v) is 13.8. The van der Waals surface area contributed by atoms with Crippen LogP contribution in [0.2, 0.25) is 0 Å². The van der Waals surface area contributed by atoms with Gasteiger partial charge in [0.1, 0.15) is 4.90 Å². The van der Waals surface area contributed by atoms with E-state index >= 15 is 0 Å². The molecule has 1 aliphatic heterocycles. The molecule has 114 valence electrons. The topological polar surface area (TPSA) is 87.2 Å². The highest BCUT2D eigenvalue weighted by Gasteiger charge is 2.31. The quantitative estimate of drug-likeness (QED) is 0.841. The number of nitrogens with two attached hydrogens (primary N) is 1. The van der Waals surface area contributed by atoms with Crippen LogP contribution in [0.1, 0.15) is 25.8 Å². The van der Waals surface area contributed by atoms with Crippen LogP contribution in [-0.4, -0.2) is 36.3 Å². The fourth-order valence-electron chi connectivity index (χ4n) is 2.23. The lowest BCUT2D eigenvalue weighted by Crippen LogP contribution is -2.34. The first-order valence-corrected chi connectivity index (χ1v) is 9.12. The molecule has 0 aliphatic carbocycles. The molecule has 7 heteroatoms. The van der Waals surface area contributed by atoms with Crippen molar-refractivity contribution in [3.8, 4) is 6.07 Å². The second kappa shape index (κ2) is 5.87. The molecule has 1 heterocycles. The first kappa shape index (κ1) is 16.1. The summed E-state index contributed by atoms with van der Waals surface area (Å²) in [6, 6.07) is 6.27. The Hall–Kier alpha value is -1.23. The van der Waals surface area contributed by atoms with Gasteiger partial charge in [-0.25, -0.2) is 8.42 Å². The molecule has 1 aromatic rings. The number of anilines is 1. The highest BCUT2D eigenvalue weighted by atomic mass is 32.2. The van der Waals surface area contributed by atoms with Crippen LogP contribution in [-0.2, 0) is 10.0 Å². The van der Waals surface area contributed by atoms with Crippen LogP contribution in [0.4, 0.5) is 5.69 Å². The molecule has 2 rings (SSSR count). The standard InChI is InChI=1S/C14H19N3O2S2/c1-14(2)5-6-17(7-8-20-14)21(18,19)13-4-3-11(10-15)9-12(13)16/h3-4,9H,5-8,16H2,1-2H3. The van der Waals surface area contributed by atoms with Crippen LogP contribution < -0.4 is 5.73 Å². The summed E-state index contributed by atoms with van der Waals surface area (Å²) in [7, 11) is -3.61. The van der Waals surface area contributed by atoms with E-state index in [4.69, 9.17) is 11.0 Å². The average molecular weight is 325 g/mol. The predicted molar refractivity (Wildman–Crippen MR) is 85.5 cm³/mol. The summed E-state index contributed by atoms with van der Waals surface area (Å²) >= 11 is 1.79. The van der Waals surface area contributed by atoms with E-state index in [2.05, 4.69) is 13.8 Å². The number of nitrogens with zero attached hydrogens (tertiary/aromatic N) is 2. The predicted octanol–water partition coefficient (Wildman–Crippen LogP) is 2.05. The highest BCUT2D eigenvalue weighted by molar-refractivity contribution is 8.00. The van der Waals surface area contributed by atoms with Crippen molar-refractivity contribution in [3.05, 3.63) is 23.8 Å². The Morgan fingerprint density at radius 1 is 1.38 bits per heavy atom. The summed E-state index contributed by atoms with van der Waals surface area (Å²) in [5.41, 5.74) is 6.31. The summed E-state index contributed by atoms with van der Waals surface area (Å²) in [6.45, 7) is 5.23. The minimum absolute atomic E-state index is 0.0838. The second-order valence-electron chi connectivity index (χ2n) is 5.63. The number of rotatable bonds is 2. The molecule has 0 bridgehead atoms. The van der Waals surface area contributed by atoms with Gasteiger partial charge in [0.15, 0.2) is 0 Å². The van der Waals surface area contributed by atoms with Crippen molar-refractivity contribution in [2.45, 2.75) is 29.9 Å². The third-order valence-electron chi connectivity index (χ3n) is 3.55. The number of thioether (sulfide) groups is 1. The Morgan fingerprint density at radius 3 is 2.71 bits per heavy atom. The molecule has 1 fully saturated rings. The number of nitrogen functional groups attached to an aromatic ring is 1. The Balaban J connectivity index is 2.32. The van der Waals surface area contributed by atoms with Gasteiger partial charge in [-0.3, -0.25) is 0 Å². The Morgan fingerprint density at radius 2 is 2.10 bits per heavy atom. The molecule has 5 nitrogen and oxygen atoms in total. The smallest absolute Gasteiger partial charge is 0.245 e. The lowest BCUT2D eigenvalue weighted by atomic mass is 10.1. The third-order valence-corrected chi connectivity index (χ3v) is 6.90.